The van der Waals surface area contributed by atoms with Gasteiger partial charge in [-0.15, -0.1) is 0 Å². The molecular formula is C28H25N7O. The Labute approximate surface area is 208 Å². The summed E-state index contributed by atoms with van der Waals surface area (Å²) in [5.41, 5.74) is 8.34. The zero-order valence-electron chi connectivity index (χ0n) is 20.1. The smallest absolute Gasteiger partial charge is 0.138 e. The van der Waals surface area contributed by atoms with Gasteiger partial charge in [0.15, 0.2) is 0 Å². The largest absolute Gasteiger partial charge is 0.491 e. The van der Waals surface area contributed by atoms with Crippen LogP contribution in [0.2, 0.25) is 0 Å². The Kier molecular flexibility index (Phi) is 5.63. The molecule has 5 heterocycles. The van der Waals surface area contributed by atoms with Crippen LogP contribution < -0.4 is 4.74 Å². The zero-order chi connectivity index (χ0) is 24.5. The number of hydrogen-bond acceptors (Lipinski definition) is 6. The number of nitrogens with one attached hydrogen (secondary N) is 2. The molecule has 0 atom stereocenters. The number of ether oxygens (including phenoxy) is 1. The average molecular weight is 476 g/mol. The predicted molar refractivity (Wildman–Crippen MR) is 142 cm³/mol. The first-order valence-electron chi connectivity index (χ1n) is 11.8. The molecule has 0 saturated carbocycles. The normalized spacial score (nSPS) is 11.5. The molecule has 0 spiro atoms. The van der Waals surface area contributed by atoms with E-state index in [0.29, 0.717) is 6.61 Å². The molecule has 0 amide bonds. The van der Waals surface area contributed by atoms with E-state index in [-0.39, 0.29) is 0 Å². The van der Waals surface area contributed by atoms with Gasteiger partial charge in [0.2, 0.25) is 0 Å². The third-order valence-electron chi connectivity index (χ3n) is 6.13. The first-order chi connectivity index (χ1) is 17.7. The Morgan fingerprint density at radius 1 is 0.889 bits per heavy atom. The summed E-state index contributed by atoms with van der Waals surface area (Å²) >= 11 is 0. The van der Waals surface area contributed by atoms with Gasteiger partial charge in [0.25, 0.3) is 0 Å². The maximum absolute atomic E-state index is 5.87. The van der Waals surface area contributed by atoms with Crippen molar-refractivity contribution in [1.29, 1.82) is 0 Å². The van der Waals surface area contributed by atoms with Crippen LogP contribution >= 0.6 is 0 Å². The Bertz CT molecular complexity index is 1650. The molecule has 6 rings (SSSR count). The lowest BCUT2D eigenvalue weighted by molar-refractivity contribution is 0.261. The van der Waals surface area contributed by atoms with E-state index in [1.165, 1.54) is 0 Å². The maximum Gasteiger partial charge on any atom is 0.138 e. The Morgan fingerprint density at radius 2 is 1.78 bits per heavy atom. The standard InChI is InChI=1S/C28H25N7O/c1-35(2)12-13-36-20-14-19(16-30-17-20)23-6-7-25-27(32-23)28(34-33-25)26-15-22-21(4-3-5-24(22)31-26)18-8-10-29-11-9-18/h3-11,14-17,31H,12-13H2,1-2H3,(H,33,34). The van der Waals surface area contributed by atoms with Crippen molar-refractivity contribution >= 4 is 21.9 Å². The molecular weight excluding hydrogens is 450 g/mol. The fourth-order valence-corrected chi connectivity index (χ4v) is 4.30. The second-order valence-electron chi connectivity index (χ2n) is 8.91. The number of H-pyrrole nitrogens is 2. The van der Waals surface area contributed by atoms with Gasteiger partial charge in [0.1, 0.15) is 23.6 Å². The van der Waals surface area contributed by atoms with Crippen LogP contribution in [-0.2, 0) is 0 Å². The lowest BCUT2D eigenvalue weighted by atomic mass is 10.0. The summed E-state index contributed by atoms with van der Waals surface area (Å²) < 4.78 is 5.87. The van der Waals surface area contributed by atoms with E-state index in [4.69, 9.17) is 9.72 Å². The van der Waals surface area contributed by atoms with Crippen molar-refractivity contribution in [2.75, 3.05) is 27.2 Å². The predicted octanol–water partition coefficient (Wildman–Crippen LogP) is 5.17. The van der Waals surface area contributed by atoms with Crippen LogP contribution in [0.3, 0.4) is 0 Å². The number of aromatic nitrogens is 6. The number of pyridine rings is 3. The van der Waals surface area contributed by atoms with Gasteiger partial charge < -0.3 is 14.6 Å². The second kappa shape index (κ2) is 9.24. The van der Waals surface area contributed by atoms with Crippen molar-refractivity contribution in [3.05, 3.63) is 79.4 Å². The Hall–Kier alpha value is -4.56. The SMILES string of the molecule is CN(C)CCOc1cncc(-c2ccc3[nH]nc(-c4cc5c(-c6ccncc6)cccc5[nH]4)c3n2)c1. The first-order valence-corrected chi connectivity index (χ1v) is 11.8. The summed E-state index contributed by atoms with van der Waals surface area (Å²) in [6, 6.07) is 18.4. The summed E-state index contributed by atoms with van der Waals surface area (Å²) in [6.45, 7) is 1.43. The monoisotopic (exact) mass is 475 g/mol. The molecule has 0 radical (unpaired) electrons. The molecule has 0 bridgehead atoms. The molecule has 0 unspecified atom stereocenters. The number of hydrogen-bond donors (Lipinski definition) is 2. The van der Waals surface area contributed by atoms with E-state index in [0.717, 1.165) is 68.0 Å². The van der Waals surface area contributed by atoms with Crippen molar-refractivity contribution < 1.29 is 4.74 Å². The van der Waals surface area contributed by atoms with Crippen LogP contribution in [0, 0.1) is 0 Å². The molecule has 2 N–H and O–H groups in total. The van der Waals surface area contributed by atoms with E-state index in [2.05, 4.69) is 54.3 Å². The molecule has 8 heteroatoms. The third-order valence-corrected chi connectivity index (χ3v) is 6.13. The number of aromatic amines is 2. The van der Waals surface area contributed by atoms with Gasteiger partial charge in [-0.1, -0.05) is 12.1 Å². The van der Waals surface area contributed by atoms with Crippen LogP contribution in [0.15, 0.2) is 79.4 Å². The van der Waals surface area contributed by atoms with E-state index in [1.807, 2.05) is 56.8 Å². The molecule has 5 aromatic heterocycles. The van der Waals surface area contributed by atoms with Crippen molar-refractivity contribution in [3.8, 4) is 39.5 Å². The lowest BCUT2D eigenvalue weighted by Gasteiger charge is -2.11. The van der Waals surface area contributed by atoms with Gasteiger partial charge in [0.05, 0.1) is 23.1 Å². The average Bonchev–Trinajstić information content (AvgIpc) is 3.53. The summed E-state index contributed by atoms with van der Waals surface area (Å²) in [4.78, 5) is 19.1. The fourth-order valence-electron chi connectivity index (χ4n) is 4.30. The molecule has 0 aliphatic heterocycles. The summed E-state index contributed by atoms with van der Waals surface area (Å²) in [5.74, 6) is 0.725. The van der Waals surface area contributed by atoms with Gasteiger partial charge in [-0.25, -0.2) is 4.98 Å². The highest BCUT2D eigenvalue weighted by Gasteiger charge is 2.15. The topological polar surface area (TPSA) is 95.6 Å². The zero-order valence-corrected chi connectivity index (χ0v) is 20.1. The van der Waals surface area contributed by atoms with Gasteiger partial charge in [-0.2, -0.15) is 5.10 Å². The van der Waals surface area contributed by atoms with Crippen LogP contribution in [-0.4, -0.2) is 62.3 Å². The lowest BCUT2D eigenvalue weighted by Crippen LogP contribution is -2.19. The summed E-state index contributed by atoms with van der Waals surface area (Å²) in [5, 5.41) is 8.84. The van der Waals surface area contributed by atoms with E-state index in [9.17, 15) is 0 Å². The first kappa shape index (κ1) is 21.9. The van der Waals surface area contributed by atoms with Crippen molar-refractivity contribution in [2.45, 2.75) is 0 Å². The van der Waals surface area contributed by atoms with Gasteiger partial charge >= 0.3 is 0 Å². The number of fused-ring (bicyclic) bond motifs is 2. The summed E-state index contributed by atoms with van der Waals surface area (Å²) in [6.07, 6.45) is 7.15. The van der Waals surface area contributed by atoms with Crippen LogP contribution in [0.25, 0.3) is 55.7 Å². The van der Waals surface area contributed by atoms with E-state index >= 15 is 0 Å². The third kappa shape index (κ3) is 4.18. The molecule has 0 aliphatic rings. The van der Waals surface area contributed by atoms with Crippen LogP contribution in [0.5, 0.6) is 5.75 Å². The quantitative estimate of drug-likeness (QED) is 0.331. The second-order valence-corrected chi connectivity index (χ2v) is 8.91. The molecule has 0 saturated heterocycles. The molecule has 1 aromatic carbocycles. The fraction of sp³-hybridized carbons (Fsp3) is 0.143. The minimum atomic E-state index is 0.596. The van der Waals surface area contributed by atoms with Crippen molar-refractivity contribution in [1.82, 2.24) is 35.0 Å². The molecule has 36 heavy (non-hydrogen) atoms. The molecule has 0 aliphatic carbocycles. The van der Waals surface area contributed by atoms with E-state index in [1.54, 1.807) is 12.4 Å². The van der Waals surface area contributed by atoms with Crippen LogP contribution in [0.4, 0.5) is 0 Å². The molecule has 8 nitrogen and oxygen atoms in total. The van der Waals surface area contributed by atoms with E-state index < -0.39 is 0 Å². The molecule has 0 fully saturated rings. The van der Waals surface area contributed by atoms with Gasteiger partial charge in [-0.05, 0) is 67.7 Å². The highest BCUT2D eigenvalue weighted by Crippen LogP contribution is 2.34. The van der Waals surface area contributed by atoms with Crippen molar-refractivity contribution in [3.63, 3.8) is 0 Å². The van der Waals surface area contributed by atoms with Crippen molar-refractivity contribution in [2.24, 2.45) is 0 Å². The maximum atomic E-state index is 5.87. The van der Waals surface area contributed by atoms with Crippen LogP contribution in [0.1, 0.15) is 0 Å². The minimum absolute atomic E-state index is 0.596. The Balaban J connectivity index is 1.38. The van der Waals surface area contributed by atoms with Gasteiger partial charge in [0, 0.05) is 41.6 Å². The minimum Gasteiger partial charge on any atom is -0.491 e. The highest BCUT2D eigenvalue weighted by molar-refractivity contribution is 6.00. The molecule has 6 aromatic rings. The molecule has 178 valence electrons. The highest BCUT2D eigenvalue weighted by atomic mass is 16.5. The number of rotatable bonds is 7. The van der Waals surface area contributed by atoms with Gasteiger partial charge in [-0.3, -0.25) is 15.1 Å². The Morgan fingerprint density at radius 3 is 2.64 bits per heavy atom. The number of benzene rings is 1. The summed E-state index contributed by atoms with van der Waals surface area (Å²) in [7, 11) is 4.04. The number of nitrogens with zero attached hydrogens (tertiary/aromatic N) is 5. The number of likely N-dealkylation sites (N-methyl/N-ethyl adjacent to an activating group) is 1.